The molecular weight excluding hydrogens is 288 g/mol. The second-order valence-corrected chi connectivity index (χ2v) is 7.50. The van der Waals surface area contributed by atoms with Gasteiger partial charge in [-0.1, -0.05) is 27.7 Å². The van der Waals surface area contributed by atoms with Gasteiger partial charge in [0.1, 0.15) is 0 Å². The third-order valence-electron chi connectivity index (χ3n) is 2.93. The van der Waals surface area contributed by atoms with E-state index in [1.807, 2.05) is 6.20 Å². The summed E-state index contributed by atoms with van der Waals surface area (Å²) in [5.74, 6) is 0.667. The summed E-state index contributed by atoms with van der Waals surface area (Å²) in [6.07, 6.45) is 6.90. The van der Waals surface area contributed by atoms with Crippen LogP contribution in [0.2, 0.25) is 0 Å². The van der Waals surface area contributed by atoms with Gasteiger partial charge in [-0.25, -0.2) is 0 Å². The van der Waals surface area contributed by atoms with Gasteiger partial charge in [-0.3, -0.25) is 4.98 Å². The first kappa shape index (κ1) is 15.6. The lowest BCUT2D eigenvalue weighted by atomic mass is 9.82. The standard InChI is InChI=1S/C15H25BrN2/c1-11(8-15(2,3)4)5-14(17)7-12-6-13(16)10-18-9-12/h6,9-11,14H,5,7-8,17H2,1-4H3. The predicted molar refractivity (Wildman–Crippen MR) is 81.5 cm³/mol. The highest BCUT2D eigenvalue weighted by atomic mass is 79.9. The van der Waals surface area contributed by atoms with Crippen molar-refractivity contribution in [2.45, 2.75) is 53.0 Å². The number of rotatable bonds is 5. The third-order valence-corrected chi connectivity index (χ3v) is 3.36. The highest BCUT2D eigenvalue weighted by Gasteiger charge is 2.17. The zero-order valence-corrected chi connectivity index (χ0v) is 13.5. The second kappa shape index (κ2) is 6.67. The summed E-state index contributed by atoms with van der Waals surface area (Å²) in [7, 11) is 0. The number of nitrogens with zero attached hydrogens (tertiary/aromatic N) is 1. The molecule has 0 saturated heterocycles. The minimum Gasteiger partial charge on any atom is -0.327 e. The third kappa shape index (κ3) is 6.50. The van der Waals surface area contributed by atoms with Crippen LogP contribution in [-0.2, 0) is 6.42 Å². The number of nitrogens with two attached hydrogens (primary N) is 1. The SMILES string of the molecule is CC(CC(N)Cc1cncc(Br)c1)CC(C)(C)C. The Labute approximate surface area is 120 Å². The molecule has 1 heterocycles. The average molecular weight is 313 g/mol. The molecule has 0 amide bonds. The van der Waals surface area contributed by atoms with E-state index in [0.29, 0.717) is 11.3 Å². The van der Waals surface area contributed by atoms with Gasteiger partial charge < -0.3 is 5.73 Å². The Balaban J connectivity index is 2.44. The summed E-state index contributed by atoms with van der Waals surface area (Å²) in [6, 6.07) is 2.32. The van der Waals surface area contributed by atoms with Crippen molar-refractivity contribution in [3.05, 3.63) is 28.5 Å². The first-order valence-corrected chi connectivity index (χ1v) is 7.40. The van der Waals surface area contributed by atoms with Crippen LogP contribution >= 0.6 is 15.9 Å². The number of hydrogen-bond acceptors (Lipinski definition) is 2. The van der Waals surface area contributed by atoms with Crippen LogP contribution in [-0.4, -0.2) is 11.0 Å². The first-order valence-electron chi connectivity index (χ1n) is 6.61. The molecule has 0 bridgehead atoms. The molecule has 0 aliphatic heterocycles. The van der Waals surface area contributed by atoms with Gasteiger partial charge in [0.2, 0.25) is 0 Å². The summed E-state index contributed by atoms with van der Waals surface area (Å²) in [5, 5.41) is 0. The number of pyridine rings is 1. The van der Waals surface area contributed by atoms with Crippen LogP contribution in [0.4, 0.5) is 0 Å². The first-order chi connectivity index (χ1) is 8.26. The van der Waals surface area contributed by atoms with Crippen LogP contribution < -0.4 is 5.73 Å². The molecule has 0 aliphatic rings. The Morgan fingerprint density at radius 2 is 2.00 bits per heavy atom. The monoisotopic (exact) mass is 312 g/mol. The fourth-order valence-corrected chi connectivity index (χ4v) is 3.01. The van der Waals surface area contributed by atoms with E-state index < -0.39 is 0 Å². The van der Waals surface area contributed by atoms with Crippen LogP contribution in [0.25, 0.3) is 0 Å². The lowest BCUT2D eigenvalue weighted by Gasteiger charge is -2.25. The highest BCUT2D eigenvalue weighted by Crippen LogP contribution is 2.26. The molecule has 18 heavy (non-hydrogen) atoms. The Hall–Kier alpha value is -0.410. The number of halogens is 1. The van der Waals surface area contributed by atoms with E-state index in [1.165, 1.54) is 12.0 Å². The molecule has 0 fully saturated rings. The van der Waals surface area contributed by atoms with Crippen LogP contribution in [0.1, 0.15) is 46.1 Å². The molecule has 102 valence electrons. The van der Waals surface area contributed by atoms with Crippen LogP contribution in [0.5, 0.6) is 0 Å². The van der Waals surface area contributed by atoms with E-state index >= 15 is 0 Å². The maximum absolute atomic E-state index is 6.23. The summed E-state index contributed by atoms with van der Waals surface area (Å²) in [5.41, 5.74) is 7.83. The van der Waals surface area contributed by atoms with Crippen molar-refractivity contribution in [2.24, 2.45) is 17.1 Å². The Morgan fingerprint density at radius 3 is 2.56 bits per heavy atom. The van der Waals surface area contributed by atoms with Crippen LogP contribution in [0.3, 0.4) is 0 Å². The van der Waals surface area contributed by atoms with E-state index in [4.69, 9.17) is 5.73 Å². The molecule has 0 radical (unpaired) electrons. The molecule has 1 aromatic rings. The maximum atomic E-state index is 6.23. The van der Waals surface area contributed by atoms with E-state index in [1.54, 1.807) is 6.20 Å². The molecule has 1 rings (SSSR count). The van der Waals surface area contributed by atoms with Crippen molar-refractivity contribution in [3.8, 4) is 0 Å². The topological polar surface area (TPSA) is 38.9 Å². The van der Waals surface area contributed by atoms with Gasteiger partial charge in [-0.05, 0) is 58.2 Å². The molecule has 0 aliphatic carbocycles. The van der Waals surface area contributed by atoms with Crippen molar-refractivity contribution in [2.75, 3.05) is 0 Å². The van der Waals surface area contributed by atoms with E-state index in [2.05, 4.69) is 54.7 Å². The lowest BCUT2D eigenvalue weighted by Crippen LogP contribution is -2.26. The van der Waals surface area contributed by atoms with Crippen LogP contribution in [0.15, 0.2) is 22.9 Å². The summed E-state index contributed by atoms with van der Waals surface area (Å²) >= 11 is 3.44. The van der Waals surface area contributed by atoms with Gasteiger partial charge in [-0.15, -0.1) is 0 Å². The Morgan fingerprint density at radius 1 is 1.33 bits per heavy atom. The smallest absolute Gasteiger partial charge is 0.0410 e. The summed E-state index contributed by atoms with van der Waals surface area (Å²) in [4.78, 5) is 4.17. The van der Waals surface area contributed by atoms with Crippen molar-refractivity contribution in [3.63, 3.8) is 0 Å². The molecule has 0 aromatic carbocycles. The largest absolute Gasteiger partial charge is 0.327 e. The molecule has 1 aromatic heterocycles. The van der Waals surface area contributed by atoms with E-state index in [9.17, 15) is 0 Å². The maximum Gasteiger partial charge on any atom is 0.0410 e. The van der Waals surface area contributed by atoms with Gasteiger partial charge in [0.25, 0.3) is 0 Å². The van der Waals surface area contributed by atoms with E-state index in [0.717, 1.165) is 17.3 Å². The Bertz CT molecular complexity index is 371. The van der Waals surface area contributed by atoms with Gasteiger partial charge >= 0.3 is 0 Å². The molecule has 2 nitrogen and oxygen atoms in total. The molecule has 2 unspecified atom stereocenters. The normalized spacial score (nSPS) is 15.4. The molecule has 0 saturated carbocycles. The van der Waals surface area contributed by atoms with Crippen molar-refractivity contribution >= 4 is 15.9 Å². The van der Waals surface area contributed by atoms with Gasteiger partial charge in [0.15, 0.2) is 0 Å². The van der Waals surface area contributed by atoms with Crippen LogP contribution in [0, 0.1) is 11.3 Å². The molecular formula is C15H25BrN2. The lowest BCUT2D eigenvalue weighted by molar-refractivity contribution is 0.285. The van der Waals surface area contributed by atoms with Crippen molar-refractivity contribution < 1.29 is 0 Å². The van der Waals surface area contributed by atoms with Crippen molar-refractivity contribution in [1.29, 1.82) is 0 Å². The average Bonchev–Trinajstić information content (AvgIpc) is 2.13. The molecule has 0 spiro atoms. The van der Waals surface area contributed by atoms with Crippen molar-refractivity contribution in [1.82, 2.24) is 4.98 Å². The molecule has 2 N–H and O–H groups in total. The minimum atomic E-state index is 0.221. The fraction of sp³-hybridized carbons (Fsp3) is 0.667. The quantitative estimate of drug-likeness (QED) is 0.886. The number of aromatic nitrogens is 1. The molecule has 3 heteroatoms. The number of hydrogen-bond donors (Lipinski definition) is 1. The van der Waals surface area contributed by atoms with E-state index in [-0.39, 0.29) is 6.04 Å². The summed E-state index contributed by atoms with van der Waals surface area (Å²) < 4.78 is 1.02. The second-order valence-electron chi connectivity index (χ2n) is 6.58. The zero-order chi connectivity index (χ0) is 13.8. The zero-order valence-electron chi connectivity index (χ0n) is 11.9. The molecule has 2 atom stereocenters. The Kier molecular flexibility index (Phi) is 5.80. The fourth-order valence-electron chi connectivity index (χ4n) is 2.60. The summed E-state index contributed by atoms with van der Waals surface area (Å²) in [6.45, 7) is 9.15. The predicted octanol–water partition coefficient (Wildman–Crippen LogP) is 4.18. The van der Waals surface area contributed by atoms with Gasteiger partial charge in [0, 0.05) is 22.9 Å². The highest BCUT2D eigenvalue weighted by molar-refractivity contribution is 9.10. The van der Waals surface area contributed by atoms with Gasteiger partial charge in [-0.2, -0.15) is 0 Å². The minimum absolute atomic E-state index is 0.221. The van der Waals surface area contributed by atoms with Gasteiger partial charge in [0.05, 0.1) is 0 Å².